The molecule has 0 bridgehead atoms. The van der Waals surface area contributed by atoms with Crippen LogP contribution in [0.2, 0.25) is 0 Å². The van der Waals surface area contributed by atoms with E-state index >= 15 is 0 Å². The molecule has 106 valence electrons. The number of aliphatic hydroxyl groups excluding tert-OH is 2. The number of hydrogen-bond donors (Lipinski definition) is 3. The van der Waals surface area contributed by atoms with Gasteiger partial charge >= 0.3 is 5.97 Å². The van der Waals surface area contributed by atoms with Gasteiger partial charge in [-0.25, -0.2) is 0 Å². The molecule has 0 saturated heterocycles. The minimum atomic E-state index is -0.833. The molecule has 0 spiro atoms. The van der Waals surface area contributed by atoms with Gasteiger partial charge < -0.3 is 20.1 Å². The molecular formula is C11H26O6. The van der Waals surface area contributed by atoms with E-state index in [1.807, 2.05) is 13.8 Å². The van der Waals surface area contributed by atoms with Crippen molar-refractivity contribution in [3.8, 4) is 0 Å². The van der Waals surface area contributed by atoms with Gasteiger partial charge in [-0.05, 0) is 12.8 Å². The number of carboxylic acids is 1. The molecule has 0 aromatic carbocycles. The molecule has 6 nitrogen and oxygen atoms in total. The molecule has 0 aliphatic heterocycles. The number of aliphatic carboxylic acids is 1. The first-order valence-corrected chi connectivity index (χ1v) is 5.30. The number of rotatable bonds is 3. The summed E-state index contributed by atoms with van der Waals surface area (Å²) in [4.78, 5) is 19.0. The van der Waals surface area contributed by atoms with Crippen molar-refractivity contribution >= 4 is 11.9 Å². The summed E-state index contributed by atoms with van der Waals surface area (Å²) in [5.41, 5.74) is 0. The Morgan fingerprint density at radius 2 is 1.35 bits per heavy atom. The molecule has 3 N–H and O–H groups in total. The third kappa shape index (κ3) is 165. The van der Waals surface area contributed by atoms with Crippen LogP contribution in [0.5, 0.6) is 0 Å². The molecule has 0 unspecified atom stereocenters. The standard InChI is InChI=1S/C5H10O2.C3H8O.C2H4O2.CH4O/c1-3-4-7-5(2)6;1-2-3-4;1-2(3)4;1-2/h3-4H2,1-2H3;4H,2-3H2,1H3;1H3,(H,3,4);2H,1H3. The van der Waals surface area contributed by atoms with Gasteiger partial charge in [0.15, 0.2) is 0 Å². The predicted octanol–water partition coefficient (Wildman–Crippen LogP) is 1.05. The Bertz CT molecular complexity index is 141. The number of carboxylic acid groups (broad SMARTS) is 1. The lowest BCUT2D eigenvalue weighted by atomic mass is 10.5. The van der Waals surface area contributed by atoms with Crippen LogP contribution in [-0.4, -0.2) is 47.6 Å². The Morgan fingerprint density at radius 3 is 1.41 bits per heavy atom. The highest BCUT2D eigenvalue weighted by Gasteiger charge is 1.85. The molecule has 0 radical (unpaired) electrons. The molecule has 0 aliphatic rings. The second-order valence-corrected chi connectivity index (χ2v) is 2.58. The lowest BCUT2D eigenvalue weighted by Crippen LogP contribution is -1.98. The van der Waals surface area contributed by atoms with Crippen LogP contribution in [0.25, 0.3) is 0 Å². The van der Waals surface area contributed by atoms with Gasteiger partial charge in [-0.1, -0.05) is 13.8 Å². The fourth-order valence-corrected chi connectivity index (χ4v) is 0.246. The van der Waals surface area contributed by atoms with Crippen molar-refractivity contribution in [1.29, 1.82) is 0 Å². The molecule has 6 heteroatoms. The summed E-state index contributed by atoms with van der Waals surface area (Å²) in [6, 6.07) is 0. The van der Waals surface area contributed by atoms with Crippen LogP contribution >= 0.6 is 0 Å². The summed E-state index contributed by atoms with van der Waals surface area (Å²) >= 11 is 0. The van der Waals surface area contributed by atoms with E-state index in [0.717, 1.165) is 26.9 Å². The van der Waals surface area contributed by atoms with Gasteiger partial charge in [-0.15, -0.1) is 0 Å². The Kier molecular flexibility index (Phi) is 43.0. The van der Waals surface area contributed by atoms with E-state index in [1.54, 1.807) is 0 Å². The van der Waals surface area contributed by atoms with Crippen LogP contribution in [0.4, 0.5) is 0 Å². The van der Waals surface area contributed by atoms with Gasteiger partial charge in [0.1, 0.15) is 0 Å². The van der Waals surface area contributed by atoms with Crippen molar-refractivity contribution in [3.05, 3.63) is 0 Å². The molecule has 0 aromatic heterocycles. The van der Waals surface area contributed by atoms with Gasteiger partial charge in [0.25, 0.3) is 5.97 Å². The molecular weight excluding hydrogens is 228 g/mol. The van der Waals surface area contributed by atoms with Gasteiger partial charge in [0.05, 0.1) is 6.61 Å². The summed E-state index contributed by atoms with van der Waals surface area (Å²) in [5.74, 6) is -1.03. The second-order valence-electron chi connectivity index (χ2n) is 2.58. The highest BCUT2D eigenvalue weighted by molar-refractivity contribution is 5.65. The SMILES string of the molecule is CC(=O)O.CCCO.CCCOC(C)=O.CO. The molecule has 0 atom stereocenters. The predicted molar refractivity (Wildman–Crippen MR) is 65.8 cm³/mol. The normalized spacial score (nSPS) is 7.00. The molecule has 0 rings (SSSR count). The Hall–Kier alpha value is -1.14. The topological polar surface area (TPSA) is 104 Å². The van der Waals surface area contributed by atoms with Crippen LogP contribution in [0.3, 0.4) is 0 Å². The first-order valence-electron chi connectivity index (χ1n) is 5.30. The summed E-state index contributed by atoms with van der Waals surface area (Å²) in [5, 5.41) is 22.3. The first kappa shape index (κ1) is 24.9. The summed E-state index contributed by atoms with van der Waals surface area (Å²) in [6.45, 7) is 7.26. The van der Waals surface area contributed by atoms with E-state index in [-0.39, 0.29) is 5.97 Å². The monoisotopic (exact) mass is 254 g/mol. The third-order valence-electron chi connectivity index (χ3n) is 0.733. The van der Waals surface area contributed by atoms with Gasteiger partial charge in [0.2, 0.25) is 0 Å². The van der Waals surface area contributed by atoms with Crippen LogP contribution in [0.1, 0.15) is 40.5 Å². The van der Waals surface area contributed by atoms with Crippen molar-refractivity contribution < 1.29 is 29.6 Å². The number of aliphatic hydroxyl groups is 2. The summed E-state index contributed by atoms with van der Waals surface area (Å²) < 4.78 is 4.55. The van der Waals surface area contributed by atoms with E-state index < -0.39 is 5.97 Å². The number of ether oxygens (including phenoxy) is 1. The molecule has 0 heterocycles. The maximum absolute atomic E-state index is 9.98. The summed E-state index contributed by atoms with van der Waals surface area (Å²) in [6.07, 6.45) is 1.78. The van der Waals surface area contributed by atoms with Crippen LogP contribution in [-0.2, 0) is 14.3 Å². The Balaban J connectivity index is -0.0000000733. The molecule has 0 fully saturated rings. The van der Waals surface area contributed by atoms with Gasteiger partial charge in [-0.2, -0.15) is 0 Å². The third-order valence-corrected chi connectivity index (χ3v) is 0.733. The number of esters is 1. The minimum absolute atomic E-state index is 0.193. The Labute approximate surface area is 103 Å². The molecule has 0 aromatic rings. The molecule has 0 aliphatic carbocycles. The zero-order valence-electron chi connectivity index (χ0n) is 11.4. The van der Waals surface area contributed by atoms with Crippen molar-refractivity contribution in [2.75, 3.05) is 20.3 Å². The highest BCUT2D eigenvalue weighted by Crippen LogP contribution is 1.78. The molecule has 17 heavy (non-hydrogen) atoms. The fraction of sp³-hybridized carbons (Fsp3) is 0.818. The van der Waals surface area contributed by atoms with Crippen molar-refractivity contribution in [2.24, 2.45) is 0 Å². The maximum Gasteiger partial charge on any atom is 0.302 e. The smallest absolute Gasteiger partial charge is 0.302 e. The largest absolute Gasteiger partial charge is 0.481 e. The lowest BCUT2D eigenvalue weighted by molar-refractivity contribution is -0.141. The van der Waals surface area contributed by atoms with E-state index in [0.29, 0.717) is 13.2 Å². The first-order chi connectivity index (χ1) is 7.92. The number of hydrogen-bond acceptors (Lipinski definition) is 5. The van der Waals surface area contributed by atoms with Crippen molar-refractivity contribution in [3.63, 3.8) is 0 Å². The molecule has 0 amide bonds. The van der Waals surface area contributed by atoms with Gasteiger partial charge in [0, 0.05) is 27.6 Å². The van der Waals surface area contributed by atoms with E-state index in [1.165, 1.54) is 6.92 Å². The van der Waals surface area contributed by atoms with Crippen LogP contribution in [0, 0.1) is 0 Å². The van der Waals surface area contributed by atoms with Crippen molar-refractivity contribution in [1.82, 2.24) is 0 Å². The van der Waals surface area contributed by atoms with Crippen molar-refractivity contribution in [2.45, 2.75) is 40.5 Å². The highest BCUT2D eigenvalue weighted by atomic mass is 16.5. The fourth-order valence-electron chi connectivity index (χ4n) is 0.246. The average Bonchev–Trinajstić information content (AvgIpc) is 2.28. The van der Waals surface area contributed by atoms with Gasteiger partial charge in [-0.3, -0.25) is 9.59 Å². The Morgan fingerprint density at radius 1 is 1.06 bits per heavy atom. The van der Waals surface area contributed by atoms with E-state index in [2.05, 4.69) is 4.74 Å². The quantitative estimate of drug-likeness (QED) is 0.650. The average molecular weight is 254 g/mol. The number of carbonyl (C=O) groups is 2. The zero-order valence-corrected chi connectivity index (χ0v) is 11.4. The maximum atomic E-state index is 9.98. The lowest BCUT2D eigenvalue weighted by Gasteiger charge is -1.93. The van der Waals surface area contributed by atoms with Crippen LogP contribution in [0.15, 0.2) is 0 Å². The summed E-state index contributed by atoms with van der Waals surface area (Å²) in [7, 11) is 1.00. The van der Waals surface area contributed by atoms with E-state index in [9.17, 15) is 4.79 Å². The van der Waals surface area contributed by atoms with E-state index in [4.69, 9.17) is 20.1 Å². The zero-order chi connectivity index (χ0) is 14.7. The number of carbonyl (C=O) groups excluding carboxylic acids is 1. The second kappa shape index (κ2) is 29.4. The molecule has 0 saturated carbocycles. The minimum Gasteiger partial charge on any atom is -0.481 e. The van der Waals surface area contributed by atoms with Crippen LogP contribution < -0.4 is 0 Å².